The van der Waals surface area contributed by atoms with Crippen LogP contribution in [0.3, 0.4) is 0 Å². The van der Waals surface area contributed by atoms with Crippen LogP contribution in [0.25, 0.3) is 22.3 Å². The Balaban J connectivity index is 1.97. The van der Waals surface area contributed by atoms with Crippen LogP contribution in [0.1, 0.15) is 17.2 Å². The quantitative estimate of drug-likeness (QED) is 0.466. The molecule has 0 unspecified atom stereocenters. The third-order valence-electron chi connectivity index (χ3n) is 5.17. The number of methoxy groups -OCH3 is 2. The predicted molar refractivity (Wildman–Crippen MR) is 119 cm³/mol. The number of nitrogens with zero attached hydrogens (tertiary/aromatic N) is 1. The van der Waals surface area contributed by atoms with E-state index in [4.69, 9.17) is 13.9 Å². The maximum absolute atomic E-state index is 12.0. The first-order valence-electron chi connectivity index (χ1n) is 10.1. The molecule has 4 rings (SSSR count). The minimum absolute atomic E-state index is 0.498. The molecule has 0 aliphatic carbocycles. The highest BCUT2D eigenvalue weighted by molar-refractivity contribution is 5.80. The molecule has 6 nitrogen and oxygen atoms in total. The zero-order valence-electron chi connectivity index (χ0n) is 18.0. The Morgan fingerprint density at radius 1 is 0.938 bits per heavy atom. The van der Waals surface area contributed by atoms with E-state index < -0.39 is 12.0 Å². The van der Waals surface area contributed by atoms with Crippen LogP contribution in [0, 0.1) is 6.92 Å². The average molecular weight is 428 g/mol. The lowest BCUT2D eigenvalue weighted by atomic mass is 10.1. The lowest BCUT2D eigenvalue weighted by Gasteiger charge is -2.15. The van der Waals surface area contributed by atoms with Crippen molar-refractivity contribution in [1.29, 1.82) is 0 Å². The first kappa shape index (κ1) is 21.2. The van der Waals surface area contributed by atoms with Crippen molar-refractivity contribution in [3.63, 3.8) is 0 Å². The summed E-state index contributed by atoms with van der Waals surface area (Å²) in [6.45, 7) is 1.96. The lowest BCUT2D eigenvalue weighted by molar-refractivity contribution is -0.307. The Hall–Kier alpha value is -4.06. The van der Waals surface area contributed by atoms with E-state index in [0.29, 0.717) is 33.8 Å². The number of rotatable bonds is 6. The molecule has 0 saturated carbocycles. The summed E-state index contributed by atoms with van der Waals surface area (Å²) in [6.07, 6.45) is 0. The molecule has 0 N–H and O–H groups in total. The van der Waals surface area contributed by atoms with E-state index in [1.165, 1.54) is 0 Å². The molecule has 32 heavy (non-hydrogen) atoms. The molecule has 1 aromatic heterocycles. The van der Waals surface area contributed by atoms with Gasteiger partial charge in [-0.25, -0.2) is 0 Å². The molecular weight excluding hydrogens is 406 g/mol. The maximum Gasteiger partial charge on any atom is 0.161 e. The van der Waals surface area contributed by atoms with Gasteiger partial charge in [0, 0.05) is 17.0 Å². The SMILES string of the molecule is COc1ccc(-c2cc(=N[C@H](C(=O)[O-])c3ccccc3)c3cc(C)ccc3o2)cc1OC. The van der Waals surface area contributed by atoms with Gasteiger partial charge in [-0.3, -0.25) is 4.99 Å². The smallest absolute Gasteiger partial charge is 0.161 e. The second-order valence-electron chi connectivity index (χ2n) is 7.33. The standard InChI is InChI=1S/C26H23NO5/c1-16-9-11-21-19(13-16)20(27-25(26(28)29)17-7-5-4-6-8-17)15-23(32-21)18-10-12-22(30-2)24(14-18)31-3/h4-15,25H,1-3H3,(H,28,29)/p-1/t25-/m0/s1. The van der Waals surface area contributed by atoms with Gasteiger partial charge in [-0.2, -0.15) is 0 Å². The van der Waals surface area contributed by atoms with Gasteiger partial charge in [0.1, 0.15) is 17.4 Å². The van der Waals surface area contributed by atoms with Gasteiger partial charge in [-0.05, 0) is 42.8 Å². The first-order chi connectivity index (χ1) is 15.5. The van der Waals surface area contributed by atoms with Crippen molar-refractivity contribution < 1.29 is 23.8 Å². The number of aliphatic carboxylic acids is 1. The molecule has 4 aromatic rings. The van der Waals surface area contributed by atoms with E-state index in [-0.39, 0.29) is 0 Å². The number of carboxylic acid groups (broad SMARTS) is 1. The number of carbonyl (C=O) groups is 1. The molecule has 1 heterocycles. The fourth-order valence-electron chi connectivity index (χ4n) is 3.56. The van der Waals surface area contributed by atoms with Crippen LogP contribution in [0.15, 0.2) is 82.2 Å². The van der Waals surface area contributed by atoms with Gasteiger partial charge in [0.2, 0.25) is 0 Å². The summed E-state index contributed by atoms with van der Waals surface area (Å²) in [5.41, 5.74) is 2.88. The third-order valence-corrected chi connectivity index (χ3v) is 5.17. The Morgan fingerprint density at radius 3 is 2.38 bits per heavy atom. The fraction of sp³-hybridized carbons (Fsp3) is 0.154. The number of hydrogen-bond donors (Lipinski definition) is 0. The number of carboxylic acids is 1. The molecule has 0 radical (unpaired) electrons. The zero-order chi connectivity index (χ0) is 22.7. The van der Waals surface area contributed by atoms with E-state index in [1.807, 2.05) is 37.3 Å². The molecule has 6 heteroatoms. The van der Waals surface area contributed by atoms with Crippen LogP contribution in [0.5, 0.6) is 11.5 Å². The number of carbonyl (C=O) groups excluding carboxylic acids is 1. The minimum atomic E-state index is -1.27. The van der Waals surface area contributed by atoms with Gasteiger partial charge >= 0.3 is 0 Å². The summed E-state index contributed by atoms with van der Waals surface area (Å²) in [5, 5.41) is 13.2. The molecule has 0 fully saturated rings. The molecule has 3 aromatic carbocycles. The normalized spacial score (nSPS) is 12.5. The molecule has 162 valence electrons. The number of fused-ring (bicyclic) bond motifs is 1. The second-order valence-corrected chi connectivity index (χ2v) is 7.33. The first-order valence-corrected chi connectivity index (χ1v) is 10.1. The molecule has 0 bridgehead atoms. The number of benzene rings is 3. The topological polar surface area (TPSA) is 84.1 Å². The third kappa shape index (κ3) is 4.21. The van der Waals surface area contributed by atoms with Crippen LogP contribution in [0.2, 0.25) is 0 Å². The summed E-state index contributed by atoms with van der Waals surface area (Å²) in [7, 11) is 3.13. The molecule has 0 saturated heterocycles. The number of hydrogen-bond acceptors (Lipinski definition) is 6. The molecule has 0 spiro atoms. The fourth-order valence-corrected chi connectivity index (χ4v) is 3.56. The highest BCUT2D eigenvalue weighted by Gasteiger charge is 2.14. The van der Waals surface area contributed by atoms with E-state index >= 15 is 0 Å². The Bertz CT molecular complexity index is 1340. The largest absolute Gasteiger partial charge is 0.547 e. The van der Waals surface area contributed by atoms with Crippen molar-refractivity contribution in [2.45, 2.75) is 13.0 Å². The van der Waals surface area contributed by atoms with E-state index in [0.717, 1.165) is 16.5 Å². The monoisotopic (exact) mass is 428 g/mol. The molecule has 0 aliphatic heterocycles. The molecule has 0 aliphatic rings. The van der Waals surface area contributed by atoms with Gasteiger partial charge in [-0.1, -0.05) is 42.0 Å². The highest BCUT2D eigenvalue weighted by atomic mass is 16.5. The van der Waals surface area contributed by atoms with Gasteiger partial charge in [0.05, 0.1) is 25.5 Å². The van der Waals surface area contributed by atoms with Crippen LogP contribution < -0.4 is 19.9 Å². The summed E-state index contributed by atoms with van der Waals surface area (Å²) >= 11 is 0. The lowest BCUT2D eigenvalue weighted by Crippen LogP contribution is -2.30. The Kier molecular flexibility index (Phi) is 5.94. The van der Waals surface area contributed by atoms with Crippen LogP contribution >= 0.6 is 0 Å². The summed E-state index contributed by atoms with van der Waals surface area (Å²) in [6, 6.07) is 20.5. The van der Waals surface area contributed by atoms with Crippen LogP contribution in [-0.2, 0) is 4.79 Å². The van der Waals surface area contributed by atoms with E-state index in [1.54, 1.807) is 56.7 Å². The van der Waals surface area contributed by atoms with Crippen molar-refractivity contribution >= 4 is 16.9 Å². The van der Waals surface area contributed by atoms with Crippen LogP contribution in [0.4, 0.5) is 0 Å². The molecular formula is C26H22NO5-. The Morgan fingerprint density at radius 2 is 1.69 bits per heavy atom. The second kappa shape index (κ2) is 8.98. The van der Waals surface area contributed by atoms with Crippen molar-refractivity contribution in [2.24, 2.45) is 4.99 Å². The number of aryl methyl sites for hydroxylation is 1. The number of ether oxygens (including phenoxy) is 2. The Labute approximate surface area is 185 Å². The summed E-state index contributed by atoms with van der Waals surface area (Å²) in [4.78, 5) is 16.5. The van der Waals surface area contributed by atoms with Crippen molar-refractivity contribution in [3.05, 3.63) is 89.3 Å². The van der Waals surface area contributed by atoms with E-state index in [9.17, 15) is 9.90 Å². The van der Waals surface area contributed by atoms with Crippen molar-refractivity contribution in [1.82, 2.24) is 0 Å². The van der Waals surface area contributed by atoms with E-state index in [2.05, 4.69) is 4.99 Å². The van der Waals surface area contributed by atoms with Gasteiger partial charge < -0.3 is 23.8 Å². The zero-order valence-corrected chi connectivity index (χ0v) is 18.0. The van der Waals surface area contributed by atoms with Crippen molar-refractivity contribution in [3.8, 4) is 22.8 Å². The predicted octanol–water partition coefficient (Wildman–Crippen LogP) is 3.82. The average Bonchev–Trinajstić information content (AvgIpc) is 2.82. The van der Waals surface area contributed by atoms with Gasteiger partial charge in [-0.15, -0.1) is 0 Å². The minimum Gasteiger partial charge on any atom is -0.547 e. The highest BCUT2D eigenvalue weighted by Crippen LogP contribution is 2.33. The molecule has 0 amide bonds. The van der Waals surface area contributed by atoms with Gasteiger partial charge in [0.25, 0.3) is 0 Å². The summed E-state index contributed by atoms with van der Waals surface area (Å²) in [5.74, 6) is 0.398. The van der Waals surface area contributed by atoms with Crippen LogP contribution in [-0.4, -0.2) is 20.2 Å². The van der Waals surface area contributed by atoms with Gasteiger partial charge in [0.15, 0.2) is 11.5 Å². The maximum atomic E-state index is 12.0. The molecule has 1 atom stereocenters. The summed E-state index contributed by atoms with van der Waals surface area (Å²) < 4.78 is 16.9. The van der Waals surface area contributed by atoms with Crippen molar-refractivity contribution in [2.75, 3.05) is 14.2 Å².